The second-order valence-corrected chi connectivity index (χ2v) is 5.80. The van der Waals surface area contributed by atoms with E-state index in [2.05, 4.69) is 24.5 Å². The lowest BCUT2D eigenvalue weighted by Gasteiger charge is -2.17. The number of carbonyl (C=O) groups is 1. The first-order chi connectivity index (χ1) is 11.0. The number of amides is 2. The van der Waals surface area contributed by atoms with Crippen LogP contribution in [0.5, 0.6) is 5.75 Å². The summed E-state index contributed by atoms with van der Waals surface area (Å²) in [7, 11) is 0. The van der Waals surface area contributed by atoms with Crippen molar-refractivity contribution in [1.29, 1.82) is 0 Å². The Morgan fingerprint density at radius 1 is 1.00 bits per heavy atom. The van der Waals surface area contributed by atoms with E-state index in [9.17, 15) is 4.79 Å². The predicted octanol–water partition coefficient (Wildman–Crippen LogP) is 4.03. The van der Waals surface area contributed by atoms with E-state index in [1.54, 1.807) is 6.92 Å². The van der Waals surface area contributed by atoms with Crippen LogP contribution in [-0.2, 0) is 6.54 Å². The van der Waals surface area contributed by atoms with Crippen LogP contribution in [0, 0.1) is 0 Å². The Morgan fingerprint density at radius 2 is 1.65 bits per heavy atom. The summed E-state index contributed by atoms with van der Waals surface area (Å²) in [4.78, 5) is 11.9. The number of hydrogen-bond donors (Lipinski definition) is 2. The van der Waals surface area contributed by atoms with Gasteiger partial charge in [-0.25, -0.2) is 4.79 Å². The molecule has 122 valence electrons. The normalized spacial score (nSPS) is 11.8. The summed E-state index contributed by atoms with van der Waals surface area (Å²) in [5.41, 5.74) is 2.32. The van der Waals surface area contributed by atoms with Crippen molar-refractivity contribution in [3.63, 3.8) is 0 Å². The van der Waals surface area contributed by atoms with Crippen LogP contribution in [0.15, 0.2) is 54.6 Å². The molecular weight excluding hydrogens is 288 g/mol. The first-order valence-electron chi connectivity index (χ1n) is 7.89. The van der Waals surface area contributed by atoms with Crippen LogP contribution >= 0.6 is 0 Å². The zero-order chi connectivity index (χ0) is 16.7. The van der Waals surface area contributed by atoms with Gasteiger partial charge in [0.15, 0.2) is 6.23 Å². The minimum Gasteiger partial charge on any atom is -0.471 e. The molecule has 0 saturated carbocycles. The van der Waals surface area contributed by atoms with Crippen molar-refractivity contribution >= 4 is 6.03 Å². The SMILES string of the molecule is CC(NC(=O)NCc1ccccc1)Oc1ccc(C(C)C)cc1. The molecule has 2 aromatic rings. The topological polar surface area (TPSA) is 50.4 Å². The second-order valence-electron chi connectivity index (χ2n) is 5.80. The van der Waals surface area contributed by atoms with Crippen LogP contribution in [0.25, 0.3) is 0 Å². The average Bonchev–Trinajstić information content (AvgIpc) is 2.54. The van der Waals surface area contributed by atoms with Crippen molar-refractivity contribution < 1.29 is 9.53 Å². The molecule has 0 spiro atoms. The van der Waals surface area contributed by atoms with Crippen molar-refractivity contribution in [2.45, 2.75) is 39.5 Å². The minimum absolute atomic E-state index is 0.250. The molecule has 0 aromatic heterocycles. The van der Waals surface area contributed by atoms with E-state index in [0.29, 0.717) is 12.5 Å². The number of urea groups is 1. The molecule has 2 aromatic carbocycles. The molecule has 0 fully saturated rings. The summed E-state index contributed by atoms with van der Waals surface area (Å²) >= 11 is 0. The third-order valence-electron chi connectivity index (χ3n) is 3.49. The summed E-state index contributed by atoms with van der Waals surface area (Å²) in [6.07, 6.45) is -0.407. The van der Waals surface area contributed by atoms with Gasteiger partial charge in [0.1, 0.15) is 5.75 Å². The van der Waals surface area contributed by atoms with Crippen molar-refractivity contribution in [2.75, 3.05) is 0 Å². The molecule has 0 aliphatic rings. The molecule has 2 amide bonds. The standard InChI is InChI=1S/C19H24N2O2/c1-14(2)17-9-11-18(12-10-17)23-15(3)21-19(22)20-13-16-7-5-4-6-8-16/h4-12,14-15H,13H2,1-3H3,(H2,20,21,22). The minimum atomic E-state index is -0.407. The monoisotopic (exact) mass is 312 g/mol. The summed E-state index contributed by atoms with van der Waals surface area (Å²) in [6, 6.07) is 17.5. The van der Waals surface area contributed by atoms with E-state index in [-0.39, 0.29) is 6.03 Å². The fourth-order valence-corrected chi connectivity index (χ4v) is 2.18. The molecule has 0 aliphatic carbocycles. The summed E-state index contributed by atoms with van der Waals surface area (Å²) in [5, 5.41) is 5.57. The smallest absolute Gasteiger partial charge is 0.317 e. The molecule has 2 N–H and O–H groups in total. The van der Waals surface area contributed by atoms with Gasteiger partial charge in [-0.15, -0.1) is 0 Å². The highest BCUT2D eigenvalue weighted by atomic mass is 16.5. The maximum absolute atomic E-state index is 11.9. The molecule has 2 rings (SSSR count). The lowest BCUT2D eigenvalue weighted by atomic mass is 10.0. The van der Waals surface area contributed by atoms with Crippen LogP contribution in [-0.4, -0.2) is 12.3 Å². The summed E-state index contributed by atoms with van der Waals surface area (Å²) in [5.74, 6) is 1.23. The number of benzene rings is 2. The number of hydrogen-bond acceptors (Lipinski definition) is 2. The maximum Gasteiger partial charge on any atom is 0.317 e. The first-order valence-corrected chi connectivity index (χ1v) is 7.89. The van der Waals surface area contributed by atoms with E-state index in [1.807, 2.05) is 54.6 Å². The molecule has 0 aliphatic heterocycles. The summed E-state index contributed by atoms with van der Waals surface area (Å²) < 4.78 is 5.70. The Bertz CT molecular complexity index is 609. The molecule has 0 bridgehead atoms. The lowest BCUT2D eigenvalue weighted by molar-refractivity contribution is 0.177. The summed E-state index contributed by atoms with van der Waals surface area (Å²) in [6.45, 7) is 6.59. The Balaban J connectivity index is 1.77. The van der Waals surface area contributed by atoms with Crippen molar-refractivity contribution in [3.8, 4) is 5.75 Å². The maximum atomic E-state index is 11.9. The fourth-order valence-electron chi connectivity index (χ4n) is 2.18. The lowest BCUT2D eigenvalue weighted by Crippen LogP contribution is -2.43. The van der Waals surface area contributed by atoms with Gasteiger partial charge in [-0.3, -0.25) is 0 Å². The highest BCUT2D eigenvalue weighted by Crippen LogP contribution is 2.19. The van der Waals surface area contributed by atoms with Gasteiger partial charge in [-0.1, -0.05) is 56.3 Å². The van der Waals surface area contributed by atoms with Crippen LogP contribution in [0.3, 0.4) is 0 Å². The van der Waals surface area contributed by atoms with Gasteiger partial charge in [0.05, 0.1) is 0 Å². The molecule has 0 radical (unpaired) electrons. The number of nitrogens with one attached hydrogen (secondary N) is 2. The Morgan fingerprint density at radius 3 is 2.26 bits per heavy atom. The molecule has 4 nitrogen and oxygen atoms in total. The van der Waals surface area contributed by atoms with Gasteiger partial charge in [0, 0.05) is 6.54 Å². The Hall–Kier alpha value is -2.49. The predicted molar refractivity (Wildman–Crippen MR) is 92.4 cm³/mol. The van der Waals surface area contributed by atoms with Crippen LogP contribution in [0.1, 0.15) is 37.8 Å². The number of rotatable bonds is 6. The number of ether oxygens (including phenoxy) is 1. The molecule has 0 heterocycles. The van der Waals surface area contributed by atoms with Crippen molar-refractivity contribution in [1.82, 2.24) is 10.6 Å². The molecule has 1 atom stereocenters. The Kier molecular flexibility index (Phi) is 6.03. The molecule has 4 heteroatoms. The van der Waals surface area contributed by atoms with Crippen LogP contribution < -0.4 is 15.4 Å². The van der Waals surface area contributed by atoms with E-state index in [1.165, 1.54) is 5.56 Å². The van der Waals surface area contributed by atoms with Gasteiger partial charge in [-0.05, 0) is 36.1 Å². The van der Waals surface area contributed by atoms with E-state index in [4.69, 9.17) is 4.74 Å². The largest absolute Gasteiger partial charge is 0.471 e. The zero-order valence-corrected chi connectivity index (χ0v) is 13.9. The van der Waals surface area contributed by atoms with Gasteiger partial charge in [0.2, 0.25) is 0 Å². The molecule has 0 saturated heterocycles. The fraction of sp³-hybridized carbons (Fsp3) is 0.316. The first kappa shape index (κ1) is 16.9. The highest BCUT2D eigenvalue weighted by Gasteiger charge is 2.08. The van der Waals surface area contributed by atoms with Gasteiger partial charge in [0.25, 0.3) is 0 Å². The van der Waals surface area contributed by atoms with Crippen molar-refractivity contribution in [2.24, 2.45) is 0 Å². The zero-order valence-electron chi connectivity index (χ0n) is 13.9. The third-order valence-corrected chi connectivity index (χ3v) is 3.49. The molecular formula is C19H24N2O2. The van der Waals surface area contributed by atoms with Gasteiger partial charge in [-0.2, -0.15) is 0 Å². The third kappa shape index (κ3) is 5.66. The van der Waals surface area contributed by atoms with Gasteiger partial charge < -0.3 is 15.4 Å². The highest BCUT2D eigenvalue weighted by molar-refractivity contribution is 5.74. The second kappa shape index (κ2) is 8.22. The average molecular weight is 312 g/mol. The van der Waals surface area contributed by atoms with Crippen LogP contribution in [0.2, 0.25) is 0 Å². The van der Waals surface area contributed by atoms with Crippen LogP contribution in [0.4, 0.5) is 4.79 Å². The number of carbonyl (C=O) groups excluding carboxylic acids is 1. The molecule has 23 heavy (non-hydrogen) atoms. The molecule has 1 unspecified atom stereocenters. The van der Waals surface area contributed by atoms with Gasteiger partial charge >= 0.3 is 6.03 Å². The van der Waals surface area contributed by atoms with E-state index < -0.39 is 6.23 Å². The Labute approximate surface area is 137 Å². The van der Waals surface area contributed by atoms with E-state index >= 15 is 0 Å². The van der Waals surface area contributed by atoms with E-state index in [0.717, 1.165) is 11.3 Å². The van der Waals surface area contributed by atoms with Crippen molar-refractivity contribution in [3.05, 3.63) is 65.7 Å². The quantitative estimate of drug-likeness (QED) is 0.791.